The summed E-state index contributed by atoms with van der Waals surface area (Å²) in [5, 5.41) is 0. The van der Waals surface area contributed by atoms with Crippen LogP contribution in [0.15, 0.2) is 200 Å². The summed E-state index contributed by atoms with van der Waals surface area (Å²) in [5.74, 6) is 1.72. The molecule has 0 saturated carbocycles. The average Bonchev–Trinajstić information content (AvgIpc) is 0.715. The van der Waals surface area contributed by atoms with Crippen molar-refractivity contribution in [2.24, 2.45) is 0 Å². The number of benzene rings is 11. The number of hydrogen-bond donors (Lipinski definition) is 0. The summed E-state index contributed by atoms with van der Waals surface area (Å²) in [4.78, 5) is 2.53. The predicted molar refractivity (Wildman–Crippen MR) is 365 cm³/mol. The lowest BCUT2D eigenvalue weighted by Crippen LogP contribution is -2.56. The zero-order chi connectivity index (χ0) is 59.3. The molecule has 0 atom stereocenters. The molecule has 85 heavy (non-hydrogen) atoms. The Morgan fingerprint density at radius 1 is 0.294 bits per heavy atom. The van der Waals surface area contributed by atoms with E-state index >= 15 is 0 Å². The highest BCUT2D eigenvalue weighted by molar-refractivity contribution is 6.97. The SMILES string of the molecule is Cc1cc(C)c(B(c2ccc3c(c2)C2(c4cc(B(c5c(C)cc(C)cc5C)c5c(C)cc(C)cc5C)ccc4O3)c3cc(-c4ccccc4C)ccc3N(c3ccccc3)c3ccc(-c4ccccc4C)cc32)c2c(C)cc(C)cc2C)c(C)c1. The third-order valence-electron chi connectivity index (χ3n) is 19.0. The van der Waals surface area contributed by atoms with Gasteiger partial charge in [-0.3, -0.25) is 0 Å². The van der Waals surface area contributed by atoms with E-state index in [0.29, 0.717) is 0 Å². The number of para-hydroxylation sites is 1. The van der Waals surface area contributed by atoms with Crippen LogP contribution in [0.5, 0.6) is 11.5 Å². The fourth-order valence-corrected chi connectivity index (χ4v) is 15.9. The van der Waals surface area contributed by atoms with Crippen molar-refractivity contribution in [3.8, 4) is 33.8 Å². The quantitative estimate of drug-likeness (QED) is 0.134. The summed E-state index contributed by atoms with van der Waals surface area (Å²) in [6.45, 7) is 31.8. The van der Waals surface area contributed by atoms with E-state index in [1.807, 2.05) is 0 Å². The van der Waals surface area contributed by atoms with Crippen molar-refractivity contribution < 1.29 is 4.74 Å². The number of nitrogens with zero attached hydrogens (tertiary/aromatic N) is 1. The Kier molecular flexibility index (Phi) is 13.9. The molecule has 0 radical (unpaired) electrons. The van der Waals surface area contributed by atoms with Gasteiger partial charge in [0.1, 0.15) is 11.5 Å². The summed E-state index contributed by atoms with van der Waals surface area (Å²) in [6.07, 6.45) is 0. The standard InChI is InChI=1S/C81H75B2NO/c1-48-36-54(7)77(55(8)37-48)82(78-56(9)38-49(2)39-57(78)10)64-30-34-75-71(46-64)81(72-47-65(31-35-76(72)85-75)83(79-58(11)40-50(3)41-59(79)12)80-60(13)42-51(4)43-61(80)14)69-44-62(67-26-20-18-22-52(67)5)28-32-73(69)84(66-24-16-15-17-25-66)74-33-29-63(45-70(74)81)68-27-21-19-23-53(68)6/h15-47H,1-14H3. The van der Waals surface area contributed by atoms with Gasteiger partial charge in [0.15, 0.2) is 0 Å². The van der Waals surface area contributed by atoms with E-state index in [-0.39, 0.29) is 13.4 Å². The molecule has 1 spiro atoms. The van der Waals surface area contributed by atoms with E-state index in [1.54, 1.807) is 0 Å². The maximum Gasteiger partial charge on any atom is 0.242 e. The summed E-state index contributed by atoms with van der Waals surface area (Å²) in [5.41, 5.74) is 37.7. The maximum atomic E-state index is 7.65. The first-order valence-corrected chi connectivity index (χ1v) is 30.4. The Hall–Kier alpha value is -8.85. The van der Waals surface area contributed by atoms with Crippen molar-refractivity contribution in [3.05, 3.63) is 300 Å². The van der Waals surface area contributed by atoms with Crippen LogP contribution in [0, 0.1) is 96.9 Å². The van der Waals surface area contributed by atoms with Crippen LogP contribution in [-0.2, 0) is 5.41 Å². The minimum atomic E-state index is -0.958. The predicted octanol–water partition coefficient (Wildman–Crippen LogP) is 16.6. The molecule has 2 aliphatic rings. The molecule has 416 valence electrons. The molecule has 4 heteroatoms. The van der Waals surface area contributed by atoms with Gasteiger partial charge in [0.25, 0.3) is 0 Å². The van der Waals surface area contributed by atoms with Crippen LogP contribution in [-0.4, -0.2) is 13.4 Å². The van der Waals surface area contributed by atoms with Crippen molar-refractivity contribution in [2.45, 2.75) is 102 Å². The van der Waals surface area contributed by atoms with E-state index < -0.39 is 5.41 Å². The molecule has 0 saturated heterocycles. The Morgan fingerprint density at radius 3 is 0.965 bits per heavy atom. The van der Waals surface area contributed by atoms with E-state index in [2.05, 4.69) is 302 Å². The van der Waals surface area contributed by atoms with E-state index in [9.17, 15) is 0 Å². The molecule has 0 fully saturated rings. The Labute approximate surface area is 506 Å². The molecule has 2 heterocycles. The van der Waals surface area contributed by atoms with Crippen molar-refractivity contribution in [3.63, 3.8) is 0 Å². The van der Waals surface area contributed by atoms with Gasteiger partial charge in [0, 0.05) is 16.8 Å². The van der Waals surface area contributed by atoms with Crippen molar-refractivity contribution in [1.29, 1.82) is 0 Å². The van der Waals surface area contributed by atoms with Gasteiger partial charge in [-0.05, 0) is 190 Å². The van der Waals surface area contributed by atoms with E-state index in [4.69, 9.17) is 4.74 Å². The third kappa shape index (κ3) is 9.19. The van der Waals surface area contributed by atoms with Crippen LogP contribution >= 0.6 is 0 Å². The smallest absolute Gasteiger partial charge is 0.242 e. The molecular weight excluding hydrogens is 1020 g/mol. The molecule has 0 aromatic heterocycles. The zero-order valence-electron chi connectivity index (χ0n) is 52.1. The van der Waals surface area contributed by atoms with Gasteiger partial charge < -0.3 is 9.64 Å². The van der Waals surface area contributed by atoms with Gasteiger partial charge in [-0.2, -0.15) is 0 Å². The minimum absolute atomic E-state index is 0.0828. The summed E-state index contributed by atoms with van der Waals surface area (Å²) >= 11 is 0. The number of aryl methyl sites for hydroxylation is 14. The van der Waals surface area contributed by atoms with Gasteiger partial charge in [-0.1, -0.05) is 251 Å². The zero-order valence-corrected chi connectivity index (χ0v) is 52.1. The molecule has 11 aromatic carbocycles. The highest BCUT2D eigenvalue weighted by atomic mass is 16.5. The second-order valence-electron chi connectivity index (χ2n) is 25.2. The van der Waals surface area contributed by atoms with Gasteiger partial charge in [-0.15, -0.1) is 0 Å². The fourth-order valence-electron chi connectivity index (χ4n) is 15.9. The number of hydrogen-bond acceptors (Lipinski definition) is 2. The van der Waals surface area contributed by atoms with Crippen LogP contribution in [0.4, 0.5) is 17.1 Å². The van der Waals surface area contributed by atoms with Crippen molar-refractivity contribution in [2.75, 3.05) is 4.90 Å². The van der Waals surface area contributed by atoms with Crippen LogP contribution < -0.4 is 42.4 Å². The van der Waals surface area contributed by atoms with Gasteiger partial charge in [-0.25, -0.2) is 0 Å². The molecule has 2 aliphatic heterocycles. The highest BCUT2D eigenvalue weighted by Gasteiger charge is 2.53. The fraction of sp³-hybridized carbons (Fsp3) is 0.185. The van der Waals surface area contributed by atoms with Crippen LogP contribution in [0.2, 0.25) is 0 Å². The number of anilines is 3. The first-order chi connectivity index (χ1) is 40.9. The first kappa shape index (κ1) is 55.3. The Morgan fingerprint density at radius 2 is 0.624 bits per heavy atom. The molecular formula is C81H75B2NO. The van der Waals surface area contributed by atoms with Gasteiger partial charge >= 0.3 is 0 Å². The monoisotopic (exact) mass is 1100 g/mol. The molecule has 0 amide bonds. The van der Waals surface area contributed by atoms with Gasteiger partial charge in [0.2, 0.25) is 13.4 Å². The molecule has 0 aliphatic carbocycles. The number of fused-ring (bicyclic) bond motifs is 8. The molecule has 0 unspecified atom stereocenters. The maximum absolute atomic E-state index is 7.65. The minimum Gasteiger partial charge on any atom is -0.457 e. The van der Waals surface area contributed by atoms with Crippen molar-refractivity contribution in [1.82, 2.24) is 0 Å². The lowest BCUT2D eigenvalue weighted by molar-refractivity contribution is 0.434. The summed E-state index contributed by atoms with van der Waals surface area (Å²) < 4.78 is 7.65. The van der Waals surface area contributed by atoms with Crippen molar-refractivity contribution >= 4 is 63.3 Å². The number of rotatable bonds is 9. The van der Waals surface area contributed by atoms with E-state index in [0.717, 1.165) is 39.7 Å². The normalized spacial score (nSPS) is 12.8. The average molecular weight is 1100 g/mol. The van der Waals surface area contributed by atoms with Crippen LogP contribution in [0.3, 0.4) is 0 Å². The highest BCUT2D eigenvalue weighted by Crippen LogP contribution is 2.63. The molecule has 13 rings (SSSR count). The Bertz CT molecular complexity index is 4050. The molecule has 2 nitrogen and oxygen atoms in total. The summed E-state index contributed by atoms with van der Waals surface area (Å²) in [6, 6.07) is 77.0. The topological polar surface area (TPSA) is 12.5 Å². The van der Waals surface area contributed by atoms with Gasteiger partial charge in [0.05, 0.1) is 16.8 Å². The van der Waals surface area contributed by atoms with E-state index in [1.165, 1.54) is 144 Å². The van der Waals surface area contributed by atoms with Crippen LogP contribution in [0.25, 0.3) is 22.3 Å². The largest absolute Gasteiger partial charge is 0.457 e. The molecule has 11 aromatic rings. The molecule has 0 bridgehead atoms. The summed E-state index contributed by atoms with van der Waals surface area (Å²) in [7, 11) is 0. The lowest BCUT2D eigenvalue weighted by Gasteiger charge is -2.49. The third-order valence-corrected chi connectivity index (χ3v) is 19.0. The number of ether oxygens (including phenoxy) is 1. The second-order valence-corrected chi connectivity index (χ2v) is 25.2. The van der Waals surface area contributed by atoms with Crippen LogP contribution in [0.1, 0.15) is 100 Å². The first-order valence-electron chi connectivity index (χ1n) is 30.4. The lowest BCUT2D eigenvalue weighted by atomic mass is 9.33. The molecule has 0 N–H and O–H groups in total. The Balaban J connectivity index is 1.23. The second kappa shape index (κ2) is 21.3.